The molecule has 162 valence electrons. The van der Waals surface area contributed by atoms with E-state index in [9.17, 15) is 9.59 Å². The summed E-state index contributed by atoms with van der Waals surface area (Å²) in [6.07, 6.45) is 1.78. The van der Waals surface area contributed by atoms with Crippen molar-refractivity contribution in [3.05, 3.63) is 54.0 Å². The second kappa shape index (κ2) is 9.61. The van der Waals surface area contributed by atoms with Crippen molar-refractivity contribution in [2.75, 3.05) is 36.5 Å². The van der Waals surface area contributed by atoms with Gasteiger partial charge in [-0.15, -0.1) is 0 Å². The minimum absolute atomic E-state index is 0.106. The molecule has 3 heterocycles. The van der Waals surface area contributed by atoms with E-state index in [1.54, 1.807) is 18.4 Å². The minimum atomic E-state index is -0.206. The van der Waals surface area contributed by atoms with Gasteiger partial charge in [0, 0.05) is 37.0 Å². The van der Waals surface area contributed by atoms with Gasteiger partial charge in [-0.25, -0.2) is 4.98 Å². The highest BCUT2D eigenvalue weighted by atomic mass is 16.5. The molecule has 8 nitrogen and oxygen atoms in total. The summed E-state index contributed by atoms with van der Waals surface area (Å²) in [5.41, 5.74) is 2.68. The molecule has 31 heavy (non-hydrogen) atoms. The number of aromatic nitrogens is 1. The van der Waals surface area contributed by atoms with Gasteiger partial charge in [-0.2, -0.15) is 0 Å². The number of morpholine rings is 1. The highest BCUT2D eigenvalue weighted by Gasteiger charge is 2.15. The van der Waals surface area contributed by atoms with Crippen molar-refractivity contribution in [1.29, 1.82) is 0 Å². The van der Waals surface area contributed by atoms with Crippen molar-refractivity contribution in [3.63, 3.8) is 0 Å². The molecule has 1 aliphatic heterocycles. The third-order valence-corrected chi connectivity index (χ3v) is 5.24. The predicted octanol–water partition coefficient (Wildman–Crippen LogP) is 3.01. The molecule has 0 spiro atoms. The summed E-state index contributed by atoms with van der Waals surface area (Å²) >= 11 is 0. The summed E-state index contributed by atoms with van der Waals surface area (Å²) in [6, 6.07) is 11.3. The number of hydrogen-bond acceptors (Lipinski definition) is 6. The molecule has 0 bridgehead atoms. The van der Waals surface area contributed by atoms with E-state index in [1.165, 1.54) is 0 Å². The first-order chi connectivity index (χ1) is 15.1. The molecular formula is C23H26N4O4. The Morgan fingerprint density at radius 3 is 2.68 bits per heavy atom. The minimum Gasteiger partial charge on any atom is -0.467 e. The molecule has 1 saturated heterocycles. The fourth-order valence-electron chi connectivity index (χ4n) is 3.55. The monoisotopic (exact) mass is 422 g/mol. The van der Waals surface area contributed by atoms with Gasteiger partial charge in [0.05, 0.1) is 31.5 Å². The van der Waals surface area contributed by atoms with Gasteiger partial charge in [0.1, 0.15) is 11.6 Å². The third kappa shape index (κ3) is 5.40. The zero-order valence-corrected chi connectivity index (χ0v) is 17.5. The maximum Gasteiger partial charge on any atom is 0.224 e. The number of pyridine rings is 1. The van der Waals surface area contributed by atoms with Gasteiger partial charge >= 0.3 is 0 Å². The molecule has 2 N–H and O–H groups in total. The van der Waals surface area contributed by atoms with Crippen LogP contribution in [-0.4, -0.2) is 43.1 Å². The van der Waals surface area contributed by atoms with Crippen LogP contribution in [0.2, 0.25) is 0 Å². The summed E-state index contributed by atoms with van der Waals surface area (Å²) in [6.45, 7) is 5.46. The lowest BCUT2D eigenvalue weighted by atomic mass is 10.1. The molecule has 0 unspecified atom stereocenters. The Balaban J connectivity index is 1.34. The number of furan rings is 1. The van der Waals surface area contributed by atoms with E-state index in [0.29, 0.717) is 31.2 Å². The molecule has 0 radical (unpaired) electrons. The molecule has 3 aromatic rings. The van der Waals surface area contributed by atoms with Crippen molar-refractivity contribution >= 4 is 34.2 Å². The molecule has 0 aliphatic carbocycles. The zero-order chi connectivity index (χ0) is 21.6. The Hall–Kier alpha value is -3.39. The van der Waals surface area contributed by atoms with Crippen molar-refractivity contribution in [1.82, 2.24) is 10.3 Å². The topological polar surface area (TPSA) is 96.7 Å². The summed E-state index contributed by atoms with van der Waals surface area (Å²) in [7, 11) is 0. The van der Waals surface area contributed by atoms with Crippen LogP contribution in [0, 0.1) is 6.92 Å². The lowest BCUT2D eigenvalue weighted by molar-refractivity contribution is -0.124. The SMILES string of the molecule is Cc1cc(N2CCOCC2)nc2ccc(NC(=O)CCC(=O)NCc3ccco3)cc12. The van der Waals surface area contributed by atoms with E-state index in [1.807, 2.05) is 25.1 Å². The first-order valence-electron chi connectivity index (χ1n) is 10.4. The van der Waals surface area contributed by atoms with E-state index in [4.69, 9.17) is 14.1 Å². The van der Waals surface area contributed by atoms with Gasteiger partial charge in [-0.05, 0) is 48.9 Å². The number of benzene rings is 1. The van der Waals surface area contributed by atoms with E-state index in [2.05, 4.69) is 21.6 Å². The van der Waals surface area contributed by atoms with Gasteiger partial charge in [0.15, 0.2) is 0 Å². The number of nitrogens with one attached hydrogen (secondary N) is 2. The molecule has 0 atom stereocenters. The van der Waals surface area contributed by atoms with Gasteiger partial charge in [-0.3, -0.25) is 9.59 Å². The summed E-state index contributed by atoms with van der Waals surface area (Å²) in [5.74, 6) is 1.23. The number of anilines is 2. The second-order valence-electron chi connectivity index (χ2n) is 7.53. The molecular weight excluding hydrogens is 396 g/mol. The molecule has 0 saturated carbocycles. The lowest BCUT2D eigenvalue weighted by Crippen LogP contribution is -2.36. The highest BCUT2D eigenvalue weighted by Crippen LogP contribution is 2.26. The van der Waals surface area contributed by atoms with Crippen LogP contribution in [0.15, 0.2) is 47.1 Å². The van der Waals surface area contributed by atoms with Crippen LogP contribution in [0.4, 0.5) is 11.5 Å². The number of carbonyl (C=O) groups excluding carboxylic acids is 2. The van der Waals surface area contributed by atoms with Crippen LogP contribution in [0.5, 0.6) is 0 Å². The summed E-state index contributed by atoms with van der Waals surface area (Å²) in [4.78, 5) is 31.2. The van der Waals surface area contributed by atoms with Crippen LogP contribution in [-0.2, 0) is 20.9 Å². The van der Waals surface area contributed by atoms with E-state index >= 15 is 0 Å². The Kier molecular flexibility index (Phi) is 6.47. The first kappa shape index (κ1) is 20.9. The number of nitrogens with zero attached hydrogens (tertiary/aromatic N) is 2. The quantitative estimate of drug-likeness (QED) is 0.608. The zero-order valence-electron chi connectivity index (χ0n) is 17.5. The van der Waals surface area contributed by atoms with Crippen molar-refractivity contribution in [3.8, 4) is 0 Å². The standard InChI is InChI=1S/C23H26N4O4/c1-16-13-21(27-8-11-30-12-9-27)26-20-5-4-17(14-19(16)20)25-23(29)7-6-22(28)24-15-18-3-2-10-31-18/h2-5,10,13-14H,6-9,11-12,15H2,1H3,(H,24,28)(H,25,29). The number of aryl methyl sites for hydroxylation is 1. The van der Waals surface area contributed by atoms with Gasteiger partial charge in [0.25, 0.3) is 0 Å². The largest absolute Gasteiger partial charge is 0.467 e. The Morgan fingerprint density at radius 2 is 1.90 bits per heavy atom. The number of hydrogen-bond donors (Lipinski definition) is 2. The molecule has 8 heteroatoms. The second-order valence-corrected chi connectivity index (χ2v) is 7.53. The first-order valence-corrected chi connectivity index (χ1v) is 10.4. The predicted molar refractivity (Wildman–Crippen MR) is 118 cm³/mol. The van der Waals surface area contributed by atoms with E-state index in [0.717, 1.165) is 35.4 Å². The lowest BCUT2D eigenvalue weighted by Gasteiger charge is -2.28. The van der Waals surface area contributed by atoms with Crippen LogP contribution in [0.25, 0.3) is 10.9 Å². The number of ether oxygens (including phenoxy) is 1. The van der Waals surface area contributed by atoms with Gasteiger partial charge in [0.2, 0.25) is 11.8 Å². The summed E-state index contributed by atoms with van der Waals surface area (Å²) < 4.78 is 10.6. The van der Waals surface area contributed by atoms with Crippen LogP contribution in [0.1, 0.15) is 24.2 Å². The van der Waals surface area contributed by atoms with Crippen molar-refractivity contribution in [2.45, 2.75) is 26.3 Å². The molecule has 1 fully saturated rings. The maximum atomic E-state index is 12.3. The Labute approximate surface area is 180 Å². The van der Waals surface area contributed by atoms with Crippen molar-refractivity contribution < 1.29 is 18.7 Å². The number of carbonyl (C=O) groups is 2. The van der Waals surface area contributed by atoms with Crippen molar-refractivity contribution in [2.24, 2.45) is 0 Å². The van der Waals surface area contributed by atoms with E-state index < -0.39 is 0 Å². The molecule has 2 aromatic heterocycles. The normalized spacial score (nSPS) is 13.9. The number of fused-ring (bicyclic) bond motifs is 1. The summed E-state index contributed by atoms with van der Waals surface area (Å²) in [5, 5.41) is 6.60. The van der Waals surface area contributed by atoms with Gasteiger partial charge in [-0.1, -0.05) is 0 Å². The average Bonchev–Trinajstić information content (AvgIpc) is 3.31. The Morgan fingerprint density at radius 1 is 1.10 bits per heavy atom. The third-order valence-electron chi connectivity index (χ3n) is 5.24. The fourth-order valence-corrected chi connectivity index (χ4v) is 3.55. The van der Waals surface area contributed by atoms with Crippen LogP contribution in [0.3, 0.4) is 0 Å². The number of rotatable bonds is 7. The maximum absolute atomic E-state index is 12.3. The fraction of sp³-hybridized carbons (Fsp3) is 0.348. The Bertz CT molecular complexity index is 1060. The van der Waals surface area contributed by atoms with Crippen LogP contribution < -0.4 is 15.5 Å². The average molecular weight is 422 g/mol. The highest BCUT2D eigenvalue weighted by molar-refractivity contribution is 5.96. The van der Waals surface area contributed by atoms with Crippen LogP contribution >= 0.6 is 0 Å². The van der Waals surface area contributed by atoms with Gasteiger partial charge < -0.3 is 24.7 Å². The smallest absolute Gasteiger partial charge is 0.224 e. The molecule has 2 amide bonds. The number of amides is 2. The molecule has 1 aliphatic rings. The molecule has 1 aromatic carbocycles. The molecule has 4 rings (SSSR count). The van der Waals surface area contributed by atoms with E-state index in [-0.39, 0.29) is 24.7 Å².